The lowest BCUT2D eigenvalue weighted by Gasteiger charge is -2.29. The van der Waals surface area contributed by atoms with E-state index in [1.54, 1.807) is 31.3 Å². The summed E-state index contributed by atoms with van der Waals surface area (Å²) in [5.74, 6) is 0.111. The van der Waals surface area contributed by atoms with Crippen molar-refractivity contribution >= 4 is 23.3 Å². The lowest BCUT2D eigenvalue weighted by molar-refractivity contribution is -0.174. The maximum absolute atomic E-state index is 12.4. The summed E-state index contributed by atoms with van der Waals surface area (Å²) in [6, 6.07) is 7.00. The molecule has 1 saturated carbocycles. The molecule has 1 aromatic carbocycles. The Morgan fingerprint density at radius 1 is 1.10 bits per heavy atom. The average molecular weight is 310 g/mol. The van der Waals surface area contributed by atoms with E-state index in [1.807, 2.05) is 0 Å². The molecule has 0 N–H and O–H groups in total. The van der Waals surface area contributed by atoms with Crippen LogP contribution < -0.4 is 0 Å². The Balaban J connectivity index is 1.93. The predicted octanol–water partition coefficient (Wildman–Crippen LogP) is 3.35. The number of benzene rings is 1. The summed E-state index contributed by atoms with van der Waals surface area (Å²) in [5, 5.41) is 1.90. The Labute approximate surface area is 130 Å². The summed E-state index contributed by atoms with van der Waals surface area (Å²) in [6.45, 7) is 0. The molecule has 2 rings (SSSR count). The van der Waals surface area contributed by atoms with Gasteiger partial charge in [-0.2, -0.15) is 0 Å². The number of amides is 1. The maximum Gasteiger partial charge on any atom is 0.248 e. The van der Waals surface area contributed by atoms with Crippen molar-refractivity contribution in [2.75, 3.05) is 14.2 Å². The zero-order valence-corrected chi connectivity index (χ0v) is 13.1. The average Bonchev–Trinajstić information content (AvgIpc) is 2.53. The summed E-state index contributed by atoms with van der Waals surface area (Å²) < 4.78 is 0. The van der Waals surface area contributed by atoms with Crippen LogP contribution in [0.25, 0.3) is 0 Å². The summed E-state index contributed by atoms with van der Waals surface area (Å²) >= 11 is 5.83. The molecule has 0 aliphatic heterocycles. The number of carbonyl (C=O) groups excluding carboxylic acids is 2. The van der Waals surface area contributed by atoms with E-state index in [0.717, 1.165) is 25.7 Å². The van der Waals surface area contributed by atoms with Crippen LogP contribution >= 0.6 is 11.6 Å². The first-order chi connectivity index (χ1) is 10.0. The van der Waals surface area contributed by atoms with Gasteiger partial charge in [0.15, 0.2) is 5.78 Å². The maximum atomic E-state index is 12.4. The van der Waals surface area contributed by atoms with Gasteiger partial charge in [0, 0.05) is 29.5 Å². The minimum Gasteiger partial charge on any atom is -0.294 e. The number of Topliss-reactive ketones (excluding diaryl/α,β-unsaturated/α-hetero) is 1. The molecule has 1 aliphatic carbocycles. The SMILES string of the molecule is CON(C)C(=O)[C@H]1CC[C@@H](C(=O)c2ccc(Cl)cc2)CC1. The third-order valence-electron chi connectivity index (χ3n) is 4.16. The fourth-order valence-corrected chi connectivity index (χ4v) is 2.93. The second kappa shape index (κ2) is 7.05. The molecule has 0 atom stereocenters. The van der Waals surface area contributed by atoms with Gasteiger partial charge in [-0.25, -0.2) is 5.06 Å². The molecule has 0 saturated heterocycles. The van der Waals surface area contributed by atoms with Crippen LogP contribution in [0.1, 0.15) is 36.0 Å². The van der Waals surface area contributed by atoms with Crippen molar-refractivity contribution in [1.82, 2.24) is 5.06 Å². The molecule has 0 heterocycles. The highest BCUT2D eigenvalue weighted by Crippen LogP contribution is 2.32. The molecule has 1 aliphatic rings. The van der Waals surface area contributed by atoms with Gasteiger partial charge in [0.2, 0.25) is 5.91 Å². The van der Waals surface area contributed by atoms with Crippen molar-refractivity contribution in [2.24, 2.45) is 11.8 Å². The highest BCUT2D eigenvalue weighted by molar-refractivity contribution is 6.30. The Kier molecular flexibility index (Phi) is 5.37. The smallest absolute Gasteiger partial charge is 0.248 e. The molecule has 0 unspecified atom stereocenters. The summed E-state index contributed by atoms with van der Waals surface area (Å²) in [4.78, 5) is 29.4. The molecular formula is C16H20ClNO3. The van der Waals surface area contributed by atoms with E-state index in [0.29, 0.717) is 10.6 Å². The Morgan fingerprint density at radius 2 is 1.62 bits per heavy atom. The first-order valence-corrected chi connectivity index (χ1v) is 7.52. The normalized spacial score (nSPS) is 21.9. The standard InChI is InChI=1S/C16H20ClNO3/c1-18(21-2)16(20)13-5-3-11(4-6-13)15(19)12-7-9-14(17)10-8-12/h7-11,13H,3-6H2,1-2H3/t11-,13+. The molecule has 1 amide bonds. The van der Waals surface area contributed by atoms with Gasteiger partial charge in [-0.15, -0.1) is 0 Å². The van der Waals surface area contributed by atoms with Crippen LogP contribution in [-0.2, 0) is 9.63 Å². The van der Waals surface area contributed by atoms with E-state index in [-0.39, 0.29) is 23.5 Å². The molecular weight excluding hydrogens is 290 g/mol. The van der Waals surface area contributed by atoms with E-state index in [4.69, 9.17) is 16.4 Å². The molecule has 1 fully saturated rings. The van der Waals surface area contributed by atoms with Crippen LogP contribution in [0.4, 0.5) is 0 Å². The van der Waals surface area contributed by atoms with Crippen LogP contribution in [0.15, 0.2) is 24.3 Å². The van der Waals surface area contributed by atoms with Crippen LogP contribution in [0.5, 0.6) is 0 Å². The number of nitrogens with zero attached hydrogens (tertiary/aromatic N) is 1. The summed E-state index contributed by atoms with van der Waals surface area (Å²) in [6.07, 6.45) is 2.96. The number of halogens is 1. The molecule has 0 aromatic heterocycles. The van der Waals surface area contributed by atoms with E-state index >= 15 is 0 Å². The van der Waals surface area contributed by atoms with Crippen molar-refractivity contribution in [1.29, 1.82) is 0 Å². The van der Waals surface area contributed by atoms with Crippen LogP contribution in [0, 0.1) is 11.8 Å². The zero-order valence-electron chi connectivity index (χ0n) is 12.3. The lowest BCUT2D eigenvalue weighted by Crippen LogP contribution is -2.35. The minimum absolute atomic E-state index is 0.00285. The zero-order chi connectivity index (χ0) is 15.4. The third kappa shape index (κ3) is 3.83. The molecule has 114 valence electrons. The van der Waals surface area contributed by atoms with Gasteiger partial charge in [0.1, 0.15) is 0 Å². The van der Waals surface area contributed by atoms with E-state index in [1.165, 1.54) is 12.2 Å². The first-order valence-electron chi connectivity index (χ1n) is 7.14. The van der Waals surface area contributed by atoms with Gasteiger partial charge in [-0.3, -0.25) is 14.4 Å². The molecule has 0 radical (unpaired) electrons. The molecule has 0 spiro atoms. The quantitative estimate of drug-likeness (QED) is 0.633. The Morgan fingerprint density at radius 3 is 2.14 bits per heavy atom. The van der Waals surface area contributed by atoms with Crippen molar-refractivity contribution in [2.45, 2.75) is 25.7 Å². The number of hydrogen-bond acceptors (Lipinski definition) is 3. The fraction of sp³-hybridized carbons (Fsp3) is 0.500. The largest absolute Gasteiger partial charge is 0.294 e. The second-order valence-corrected chi connectivity index (χ2v) is 5.87. The number of hydrogen-bond donors (Lipinski definition) is 0. The monoisotopic (exact) mass is 309 g/mol. The van der Waals surface area contributed by atoms with Crippen molar-refractivity contribution in [3.05, 3.63) is 34.9 Å². The van der Waals surface area contributed by atoms with Gasteiger partial charge in [0.05, 0.1) is 7.11 Å². The van der Waals surface area contributed by atoms with Gasteiger partial charge >= 0.3 is 0 Å². The Hall–Kier alpha value is -1.39. The van der Waals surface area contributed by atoms with E-state index < -0.39 is 0 Å². The van der Waals surface area contributed by atoms with Crippen LogP contribution in [0.3, 0.4) is 0 Å². The van der Waals surface area contributed by atoms with Crippen molar-refractivity contribution < 1.29 is 14.4 Å². The molecule has 1 aromatic rings. The highest BCUT2D eigenvalue weighted by atomic mass is 35.5. The Bertz CT molecular complexity index is 507. The number of rotatable bonds is 4. The van der Waals surface area contributed by atoms with Crippen LogP contribution in [-0.4, -0.2) is 30.9 Å². The van der Waals surface area contributed by atoms with Gasteiger partial charge < -0.3 is 0 Å². The van der Waals surface area contributed by atoms with Crippen molar-refractivity contribution in [3.63, 3.8) is 0 Å². The number of hydroxylamine groups is 2. The molecule has 21 heavy (non-hydrogen) atoms. The topological polar surface area (TPSA) is 46.6 Å². The van der Waals surface area contributed by atoms with Crippen LogP contribution in [0.2, 0.25) is 5.02 Å². The summed E-state index contributed by atoms with van der Waals surface area (Å²) in [7, 11) is 3.10. The highest BCUT2D eigenvalue weighted by Gasteiger charge is 2.31. The van der Waals surface area contributed by atoms with Gasteiger partial charge in [-0.1, -0.05) is 11.6 Å². The first kappa shape index (κ1) is 16.0. The van der Waals surface area contributed by atoms with Gasteiger partial charge in [0.25, 0.3) is 0 Å². The summed E-state index contributed by atoms with van der Waals surface area (Å²) in [5.41, 5.74) is 0.697. The molecule has 4 nitrogen and oxygen atoms in total. The second-order valence-electron chi connectivity index (χ2n) is 5.44. The molecule has 5 heteroatoms. The number of ketones is 1. The minimum atomic E-state index is -0.0378. The van der Waals surface area contributed by atoms with Crippen molar-refractivity contribution in [3.8, 4) is 0 Å². The third-order valence-corrected chi connectivity index (χ3v) is 4.41. The lowest BCUT2D eigenvalue weighted by atomic mass is 9.78. The fourth-order valence-electron chi connectivity index (χ4n) is 2.80. The van der Waals surface area contributed by atoms with Gasteiger partial charge in [-0.05, 0) is 49.9 Å². The predicted molar refractivity (Wildman–Crippen MR) is 81.0 cm³/mol. The van der Waals surface area contributed by atoms with E-state index in [2.05, 4.69) is 0 Å². The van der Waals surface area contributed by atoms with E-state index in [9.17, 15) is 9.59 Å². The molecule has 0 bridgehead atoms. The number of carbonyl (C=O) groups is 2.